The Morgan fingerprint density at radius 2 is 1.04 bits per heavy atom. The molecule has 2 nitrogen and oxygen atoms in total. The van der Waals surface area contributed by atoms with E-state index in [1.807, 2.05) is 103 Å². The molecule has 0 atom stereocenters. The molecule has 2 heteroatoms. The topological polar surface area (TPSA) is 16.4 Å². The molecule has 0 amide bonds. The van der Waals surface area contributed by atoms with Crippen molar-refractivity contribution < 1.29 is 22.2 Å². The summed E-state index contributed by atoms with van der Waals surface area (Å²) in [5.74, 6) is 0. The minimum Gasteiger partial charge on any atom is -0.454 e. The summed E-state index contributed by atoms with van der Waals surface area (Å²) >= 11 is 0. The van der Waals surface area contributed by atoms with Crippen molar-refractivity contribution >= 4 is 39.0 Å². The Kier molecular flexibility index (Phi) is 5.22. The molecule has 11 rings (SSSR count). The highest BCUT2D eigenvalue weighted by Gasteiger charge is 2.46. The molecule has 0 fully saturated rings. The molecular formula is C55H37NO. The Morgan fingerprint density at radius 1 is 0.421 bits per heavy atom. The SMILES string of the molecule is [2H]c1c([2H])c([2H])c(-c2c([2H])c([2H])c(-c3c([2H])c([2H])c([2H])c([2H])c3N(c3ccc4c(c3)C(c3ccccc3)(c3ccccc3)c3ccccc3-4)c3cccc4c3oc3ccccc34)c([2H])c2[2H])c([2H])c1[2H]. The van der Waals surface area contributed by atoms with Crippen molar-refractivity contribution in [2.75, 3.05) is 4.90 Å². The second kappa shape index (κ2) is 13.4. The van der Waals surface area contributed by atoms with E-state index in [0.29, 0.717) is 27.9 Å². The molecule has 1 aromatic heterocycles. The van der Waals surface area contributed by atoms with Crippen LogP contribution in [0.1, 0.15) is 40.1 Å². The van der Waals surface area contributed by atoms with Crippen LogP contribution in [0.4, 0.5) is 17.1 Å². The van der Waals surface area contributed by atoms with Gasteiger partial charge in [-0.15, -0.1) is 0 Å². The van der Waals surface area contributed by atoms with Crippen molar-refractivity contribution in [1.29, 1.82) is 0 Å². The molecule has 0 saturated carbocycles. The maximum absolute atomic E-state index is 9.83. The average molecular weight is 741 g/mol. The smallest absolute Gasteiger partial charge is 0.159 e. The van der Waals surface area contributed by atoms with E-state index < -0.39 is 101 Å². The van der Waals surface area contributed by atoms with E-state index in [9.17, 15) is 9.60 Å². The van der Waals surface area contributed by atoms with Crippen molar-refractivity contribution in [1.82, 2.24) is 0 Å². The zero-order valence-corrected chi connectivity index (χ0v) is 30.2. The molecule has 0 N–H and O–H groups in total. The minimum atomic E-state index is -0.900. The number of benzene rings is 9. The molecule has 0 saturated heterocycles. The minimum absolute atomic E-state index is 0.212. The van der Waals surface area contributed by atoms with Gasteiger partial charge in [0.25, 0.3) is 0 Å². The number of hydrogen-bond acceptors (Lipinski definition) is 2. The number of anilines is 3. The largest absolute Gasteiger partial charge is 0.454 e. The first-order valence-electron chi connectivity index (χ1n) is 25.0. The highest BCUT2D eigenvalue weighted by molar-refractivity contribution is 6.11. The molecule has 0 spiro atoms. The summed E-state index contributed by atoms with van der Waals surface area (Å²) in [5.41, 5.74) is 4.34. The lowest BCUT2D eigenvalue weighted by molar-refractivity contribution is 0.669. The number of nitrogens with zero attached hydrogens (tertiary/aromatic N) is 1. The van der Waals surface area contributed by atoms with E-state index in [1.165, 1.54) is 0 Å². The lowest BCUT2D eigenvalue weighted by Gasteiger charge is -2.35. The first kappa shape index (κ1) is 22.2. The quantitative estimate of drug-likeness (QED) is 0.162. The molecule has 1 heterocycles. The van der Waals surface area contributed by atoms with Crippen LogP contribution in [0.5, 0.6) is 0 Å². The highest BCUT2D eigenvalue weighted by Crippen LogP contribution is 2.57. The fourth-order valence-corrected chi connectivity index (χ4v) is 8.46. The Morgan fingerprint density at radius 3 is 1.82 bits per heavy atom. The van der Waals surface area contributed by atoms with Gasteiger partial charge < -0.3 is 9.32 Å². The summed E-state index contributed by atoms with van der Waals surface area (Å²) in [6.45, 7) is 0. The van der Waals surface area contributed by atoms with Gasteiger partial charge in [-0.1, -0.05) is 194 Å². The van der Waals surface area contributed by atoms with E-state index >= 15 is 0 Å². The fourth-order valence-electron chi connectivity index (χ4n) is 8.46. The van der Waals surface area contributed by atoms with E-state index in [1.54, 1.807) is 11.0 Å². The number of rotatable bonds is 7. The van der Waals surface area contributed by atoms with Gasteiger partial charge in [-0.2, -0.15) is 0 Å². The van der Waals surface area contributed by atoms with Gasteiger partial charge >= 0.3 is 0 Å². The van der Waals surface area contributed by atoms with Crippen LogP contribution in [0.15, 0.2) is 229 Å². The van der Waals surface area contributed by atoms with Crippen LogP contribution in [-0.2, 0) is 5.41 Å². The summed E-state index contributed by atoms with van der Waals surface area (Å²) in [4.78, 5) is 1.64. The molecule has 10 aromatic rings. The fraction of sp³-hybridized carbons (Fsp3) is 0.0182. The summed E-state index contributed by atoms with van der Waals surface area (Å²) in [6, 6.07) is 38.0. The third-order valence-electron chi connectivity index (χ3n) is 10.8. The van der Waals surface area contributed by atoms with Gasteiger partial charge in [0.15, 0.2) is 5.58 Å². The molecule has 57 heavy (non-hydrogen) atoms. The van der Waals surface area contributed by atoms with Crippen LogP contribution < -0.4 is 4.90 Å². The molecular weight excluding hydrogens is 691 g/mol. The van der Waals surface area contributed by atoms with Crippen LogP contribution in [-0.4, -0.2) is 0 Å². The zero-order valence-electron chi connectivity index (χ0n) is 43.2. The molecule has 268 valence electrons. The van der Waals surface area contributed by atoms with Crippen molar-refractivity contribution in [3.63, 3.8) is 0 Å². The Bertz CT molecular complexity index is 3740. The van der Waals surface area contributed by atoms with E-state index in [0.717, 1.165) is 38.8 Å². The lowest BCUT2D eigenvalue weighted by atomic mass is 9.67. The second-order valence-electron chi connectivity index (χ2n) is 13.8. The Hall–Kier alpha value is -7.42. The van der Waals surface area contributed by atoms with Gasteiger partial charge in [-0.25, -0.2) is 0 Å². The van der Waals surface area contributed by atoms with Gasteiger partial charge in [0, 0.05) is 22.0 Å². The van der Waals surface area contributed by atoms with Crippen LogP contribution in [0.3, 0.4) is 0 Å². The molecule has 0 radical (unpaired) electrons. The molecule has 1 aliphatic rings. The van der Waals surface area contributed by atoms with Crippen LogP contribution in [0.25, 0.3) is 55.3 Å². The monoisotopic (exact) mass is 740 g/mol. The first-order chi connectivity index (χ1) is 33.7. The van der Waals surface area contributed by atoms with E-state index in [-0.39, 0.29) is 11.3 Å². The van der Waals surface area contributed by atoms with Gasteiger partial charge in [0.05, 0.1) is 34.6 Å². The van der Waals surface area contributed by atoms with Gasteiger partial charge in [-0.05, 0) is 80.4 Å². The summed E-state index contributed by atoms with van der Waals surface area (Å²) in [6.07, 6.45) is 0. The standard InChI is InChI=1S/C55H37NO/c1-4-17-38(18-5-1)39-31-33-40(34-32-39)44-23-11-14-28-51(44)56(52-29-16-26-48-47-25-12-15-30-53(47)57-54(48)52)43-35-36-46-45-24-10-13-27-49(45)55(50(46)37-43,41-19-6-2-7-20-41)42-21-8-3-9-22-42/h1-37H/i1D,4D,5D,11D,14D,17D,18D,23D,28D,31D,32D,33D,34D. The van der Waals surface area contributed by atoms with Gasteiger partial charge in [0.2, 0.25) is 0 Å². The highest BCUT2D eigenvalue weighted by atomic mass is 16.3. The molecule has 0 bridgehead atoms. The van der Waals surface area contributed by atoms with Crippen molar-refractivity contribution in [3.8, 4) is 33.4 Å². The molecule has 1 aliphatic carbocycles. The van der Waals surface area contributed by atoms with E-state index in [2.05, 4.69) is 36.4 Å². The average Bonchev–Trinajstić information content (AvgIpc) is 3.92. The third-order valence-corrected chi connectivity index (χ3v) is 10.8. The number of fused-ring (bicyclic) bond motifs is 6. The maximum Gasteiger partial charge on any atom is 0.159 e. The van der Waals surface area contributed by atoms with Crippen molar-refractivity contribution in [2.45, 2.75) is 5.41 Å². The maximum atomic E-state index is 9.83. The third kappa shape index (κ3) is 5.18. The summed E-state index contributed by atoms with van der Waals surface area (Å²) in [5, 5.41) is 1.48. The molecule has 0 aliphatic heterocycles. The molecule has 9 aromatic carbocycles. The van der Waals surface area contributed by atoms with E-state index in [4.69, 9.17) is 12.6 Å². The van der Waals surface area contributed by atoms with Crippen LogP contribution in [0.2, 0.25) is 0 Å². The predicted molar refractivity (Wildman–Crippen MR) is 237 cm³/mol. The van der Waals surface area contributed by atoms with Crippen molar-refractivity contribution in [3.05, 3.63) is 246 Å². The molecule has 0 unspecified atom stereocenters. The number of furan rings is 1. The normalized spacial score (nSPS) is 15.9. The van der Waals surface area contributed by atoms with Gasteiger partial charge in [0.1, 0.15) is 5.58 Å². The summed E-state index contributed by atoms with van der Waals surface area (Å²) in [7, 11) is 0. The Labute approximate surface area is 350 Å². The predicted octanol–water partition coefficient (Wildman–Crippen LogP) is 14.8. The van der Waals surface area contributed by atoms with Crippen LogP contribution in [0, 0.1) is 0 Å². The lowest BCUT2D eigenvalue weighted by Crippen LogP contribution is -2.28. The number of hydrogen-bond donors (Lipinski definition) is 0. The van der Waals surface area contributed by atoms with Crippen LogP contribution >= 0.6 is 0 Å². The second-order valence-corrected chi connectivity index (χ2v) is 13.8. The first-order valence-corrected chi connectivity index (χ1v) is 18.5. The zero-order chi connectivity index (χ0) is 49.1. The number of para-hydroxylation sites is 3. The van der Waals surface area contributed by atoms with Crippen molar-refractivity contribution in [2.24, 2.45) is 0 Å². The van der Waals surface area contributed by atoms with Gasteiger partial charge in [-0.3, -0.25) is 0 Å². The summed E-state index contributed by atoms with van der Waals surface area (Å²) < 4.78 is 124. The Balaban J connectivity index is 1.28.